The summed E-state index contributed by atoms with van der Waals surface area (Å²) in [6.07, 6.45) is 2.74. The molecule has 94 valence electrons. The van der Waals surface area contributed by atoms with E-state index in [0.717, 1.165) is 29.4 Å². The lowest BCUT2D eigenvalue weighted by molar-refractivity contribution is 0.0784. The van der Waals surface area contributed by atoms with Crippen LogP contribution < -0.4 is 0 Å². The molecule has 3 rings (SSSR count). The first-order valence-corrected chi connectivity index (χ1v) is 6.26. The van der Waals surface area contributed by atoms with E-state index in [9.17, 15) is 4.79 Å². The van der Waals surface area contributed by atoms with Gasteiger partial charge in [0.15, 0.2) is 0 Å². The minimum absolute atomic E-state index is 0.0659. The minimum atomic E-state index is 0.0659. The van der Waals surface area contributed by atoms with Gasteiger partial charge in [-0.25, -0.2) is 0 Å². The second-order valence-electron chi connectivity index (χ2n) is 4.83. The molecule has 2 aromatic rings. The second-order valence-corrected chi connectivity index (χ2v) is 4.83. The number of benzene rings is 1. The minimum Gasteiger partial charge on any atom is -0.396 e. The molecule has 1 aliphatic heterocycles. The van der Waals surface area contributed by atoms with Gasteiger partial charge in [-0.05, 0) is 24.6 Å². The maximum absolute atomic E-state index is 12.5. The molecule has 2 heterocycles. The van der Waals surface area contributed by atoms with E-state index < -0.39 is 0 Å². The third-order valence-corrected chi connectivity index (χ3v) is 3.66. The molecule has 1 aromatic heterocycles. The number of aliphatic hydroxyl groups excluding tert-OH is 1. The van der Waals surface area contributed by atoms with Crippen LogP contribution in [-0.2, 0) is 0 Å². The van der Waals surface area contributed by atoms with E-state index in [-0.39, 0.29) is 18.4 Å². The number of hydrogen-bond acceptors (Lipinski definition) is 2. The molecule has 1 atom stereocenters. The van der Waals surface area contributed by atoms with E-state index in [4.69, 9.17) is 5.11 Å². The molecule has 4 nitrogen and oxygen atoms in total. The Hall–Kier alpha value is -1.81. The van der Waals surface area contributed by atoms with Gasteiger partial charge in [-0.3, -0.25) is 4.79 Å². The van der Waals surface area contributed by atoms with Crippen molar-refractivity contribution >= 4 is 16.8 Å². The molecule has 1 saturated heterocycles. The highest BCUT2D eigenvalue weighted by molar-refractivity contribution is 6.06. The highest BCUT2D eigenvalue weighted by atomic mass is 16.3. The Morgan fingerprint density at radius 3 is 3.11 bits per heavy atom. The number of rotatable bonds is 2. The van der Waals surface area contributed by atoms with Crippen molar-refractivity contribution in [2.75, 3.05) is 19.7 Å². The number of fused-ring (bicyclic) bond motifs is 1. The number of amides is 1. The highest BCUT2D eigenvalue weighted by Crippen LogP contribution is 2.22. The quantitative estimate of drug-likeness (QED) is 0.843. The standard InChI is InChI=1S/C14H16N2O2/c17-9-10-5-7-16(8-10)14(18)12-2-1-3-13-11(12)4-6-15-13/h1-4,6,10,15,17H,5,7-9H2. The molecule has 1 fully saturated rings. The van der Waals surface area contributed by atoms with E-state index in [1.807, 2.05) is 35.4 Å². The normalized spacial score (nSPS) is 19.6. The molecular formula is C14H16N2O2. The van der Waals surface area contributed by atoms with E-state index in [0.29, 0.717) is 6.54 Å². The maximum atomic E-state index is 12.5. The van der Waals surface area contributed by atoms with Gasteiger partial charge in [0.05, 0.1) is 0 Å². The van der Waals surface area contributed by atoms with Crippen LogP contribution in [0.5, 0.6) is 0 Å². The molecule has 0 aliphatic carbocycles. The lowest BCUT2D eigenvalue weighted by Gasteiger charge is -2.16. The average Bonchev–Trinajstić information content (AvgIpc) is 3.05. The molecular weight excluding hydrogens is 228 g/mol. The van der Waals surface area contributed by atoms with Gasteiger partial charge >= 0.3 is 0 Å². The fourth-order valence-electron chi connectivity index (χ4n) is 2.61. The number of likely N-dealkylation sites (tertiary alicyclic amines) is 1. The number of nitrogens with one attached hydrogen (secondary N) is 1. The Bertz CT molecular complexity index is 576. The number of hydrogen-bond donors (Lipinski definition) is 2. The van der Waals surface area contributed by atoms with Crippen LogP contribution in [0.1, 0.15) is 16.8 Å². The molecule has 0 spiro atoms. The van der Waals surface area contributed by atoms with Crippen LogP contribution in [-0.4, -0.2) is 40.6 Å². The Morgan fingerprint density at radius 1 is 1.44 bits per heavy atom. The predicted molar refractivity (Wildman–Crippen MR) is 69.4 cm³/mol. The van der Waals surface area contributed by atoms with Crippen LogP contribution >= 0.6 is 0 Å². The lowest BCUT2D eigenvalue weighted by atomic mass is 10.1. The van der Waals surface area contributed by atoms with Crippen molar-refractivity contribution in [1.29, 1.82) is 0 Å². The molecule has 1 aromatic carbocycles. The van der Waals surface area contributed by atoms with Gasteiger partial charge < -0.3 is 15.0 Å². The summed E-state index contributed by atoms with van der Waals surface area (Å²) in [4.78, 5) is 17.4. The van der Waals surface area contributed by atoms with E-state index in [2.05, 4.69) is 4.98 Å². The van der Waals surface area contributed by atoms with Crippen LogP contribution in [0.4, 0.5) is 0 Å². The van der Waals surface area contributed by atoms with Crippen LogP contribution in [0.2, 0.25) is 0 Å². The molecule has 18 heavy (non-hydrogen) atoms. The molecule has 1 amide bonds. The molecule has 0 saturated carbocycles. The molecule has 4 heteroatoms. The predicted octanol–water partition coefficient (Wildman–Crippen LogP) is 1.62. The van der Waals surface area contributed by atoms with E-state index in [1.54, 1.807) is 0 Å². The van der Waals surface area contributed by atoms with Gasteiger partial charge in [-0.15, -0.1) is 0 Å². The lowest BCUT2D eigenvalue weighted by Crippen LogP contribution is -2.29. The molecule has 0 bridgehead atoms. The maximum Gasteiger partial charge on any atom is 0.254 e. The summed E-state index contributed by atoms with van der Waals surface area (Å²) in [6.45, 7) is 1.57. The second kappa shape index (κ2) is 4.46. The first-order valence-electron chi connectivity index (χ1n) is 6.26. The number of H-pyrrole nitrogens is 1. The van der Waals surface area contributed by atoms with Gasteiger partial charge in [-0.2, -0.15) is 0 Å². The summed E-state index contributed by atoms with van der Waals surface area (Å²) in [5.41, 5.74) is 1.73. The van der Waals surface area contributed by atoms with Crippen molar-refractivity contribution in [2.24, 2.45) is 5.92 Å². The van der Waals surface area contributed by atoms with Crippen molar-refractivity contribution in [3.8, 4) is 0 Å². The van der Waals surface area contributed by atoms with Gasteiger partial charge in [0.25, 0.3) is 5.91 Å². The third-order valence-electron chi connectivity index (χ3n) is 3.66. The number of carbonyl (C=O) groups is 1. The monoisotopic (exact) mass is 244 g/mol. The van der Waals surface area contributed by atoms with Crippen LogP contribution in [0.15, 0.2) is 30.5 Å². The van der Waals surface area contributed by atoms with Crippen LogP contribution in [0.3, 0.4) is 0 Å². The molecule has 1 unspecified atom stereocenters. The fourth-order valence-corrected chi connectivity index (χ4v) is 2.61. The van der Waals surface area contributed by atoms with Gasteiger partial charge in [0.1, 0.15) is 0 Å². The van der Waals surface area contributed by atoms with Crippen LogP contribution in [0, 0.1) is 5.92 Å². The summed E-state index contributed by atoms with van der Waals surface area (Å²) in [5, 5.41) is 10.1. The summed E-state index contributed by atoms with van der Waals surface area (Å²) < 4.78 is 0. The van der Waals surface area contributed by atoms with Crippen LogP contribution in [0.25, 0.3) is 10.9 Å². The van der Waals surface area contributed by atoms with Gasteiger partial charge in [0.2, 0.25) is 0 Å². The third kappa shape index (κ3) is 1.78. The fraction of sp³-hybridized carbons (Fsp3) is 0.357. The number of carbonyl (C=O) groups excluding carboxylic acids is 1. The zero-order valence-electron chi connectivity index (χ0n) is 10.1. The largest absolute Gasteiger partial charge is 0.396 e. The van der Waals surface area contributed by atoms with E-state index >= 15 is 0 Å². The van der Waals surface area contributed by atoms with Crippen molar-refractivity contribution in [3.63, 3.8) is 0 Å². The van der Waals surface area contributed by atoms with Gasteiger partial charge in [0, 0.05) is 48.3 Å². The van der Waals surface area contributed by atoms with Crippen molar-refractivity contribution in [2.45, 2.75) is 6.42 Å². The average molecular weight is 244 g/mol. The van der Waals surface area contributed by atoms with Crippen molar-refractivity contribution in [3.05, 3.63) is 36.0 Å². The Kier molecular flexibility index (Phi) is 2.80. The Balaban J connectivity index is 1.90. The molecule has 0 radical (unpaired) electrons. The topological polar surface area (TPSA) is 56.3 Å². The summed E-state index contributed by atoms with van der Waals surface area (Å²) >= 11 is 0. The summed E-state index contributed by atoms with van der Waals surface area (Å²) in [5.74, 6) is 0.301. The first-order chi connectivity index (χ1) is 8.79. The SMILES string of the molecule is O=C(c1cccc2[nH]ccc12)N1CCC(CO)C1. The smallest absolute Gasteiger partial charge is 0.254 e. The number of aromatic amines is 1. The number of aromatic nitrogens is 1. The molecule has 1 aliphatic rings. The zero-order chi connectivity index (χ0) is 12.5. The van der Waals surface area contributed by atoms with Crippen molar-refractivity contribution < 1.29 is 9.90 Å². The highest BCUT2D eigenvalue weighted by Gasteiger charge is 2.27. The Morgan fingerprint density at radius 2 is 2.33 bits per heavy atom. The molecule has 2 N–H and O–H groups in total. The number of nitrogens with zero attached hydrogens (tertiary/aromatic N) is 1. The first kappa shape index (κ1) is 11.3. The van der Waals surface area contributed by atoms with Gasteiger partial charge in [-0.1, -0.05) is 6.07 Å². The Labute approximate surface area is 105 Å². The summed E-state index contributed by atoms with van der Waals surface area (Å²) in [7, 11) is 0. The number of aliphatic hydroxyl groups is 1. The summed E-state index contributed by atoms with van der Waals surface area (Å²) in [6, 6.07) is 7.66. The van der Waals surface area contributed by atoms with Crippen molar-refractivity contribution in [1.82, 2.24) is 9.88 Å². The zero-order valence-corrected chi connectivity index (χ0v) is 10.1. The van der Waals surface area contributed by atoms with E-state index in [1.165, 1.54) is 0 Å².